The highest BCUT2D eigenvalue weighted by molar-refractivity contribution is 5.75. The van der Waals surface area contributed by atoms with Crippen molar-refractivity contribution < 1.29 is 19.4 Å². The number of aliphatic hydroxyl groups is 1. The molecule has 1 atom stereocenters. The lowest BCUT2D eigenvalue weighted by molar-refractivity contribution is -0.130. The molecular weight excluding hydrogens is 282 g/mol. The molecule has 0 saturated carbocycles. The van der Waals surface area contributed by atoms with Crippen LogP contribution in [-0.2, 0) is 14.3 Å². The highest BCUT2D eigenvalue weighted by Gasteiger charge is 2.26. The summed E-state index contributed by atoms with van der Waals surface area (Å²) in [7, 11) is 0. The van der Waals surface area contributed by atoms with Crippen LogP contribution in [0.4, 0.5) is 0 Å². The van der Waals surface area contributed by atoms with Gasteiger partial charge in [0.15, 0.2) is 0 Å². The normalized spacial score (nSPS) is 14.0. The van der Waals surface area contributed by atoms with Crippen molar-refractivity contribution in [3.8, 4) is 0 Å². The van der Waals surface area contributed by atoms with Crippen LogP contribution in [0.1, 0.15) is 67.2 Å². The van der Waals surface area contributed by atoms with Crippen molar-refractivity contribution in [2.24, 2.45) is 0 Å². The van der Waals surface area contributed by atoms with Crippen LogP contribution in [0.2, 0.25) is 0 Å². The summed E-state index contributed by atoms with van der Waals surface area (Å²) in [6, 6.07) is 0. The Morgan fingerprint density at radius 2 is 1.82 bits per heavy atom. The summed E-state index contributed by atoms with van der Waals surface area (Å²) in [5, 5.41) is 11.8. The molecule has 1 amide bonds. The van der Waals surface area contributed by atoms with Crippen LogP contribution in [0.3, 0.4) is 0 Å². The number of ether oxygens (including phenoxy) is 2. The van der Waals surface area contributed by atoms with Crippen molar-refractivity contribution in [3.63, 3.8) is 0 Å². The monoisotopic (exact) mass is 317 g/mol. The van der Waals surface area contributed by atoms with E-state index in [0.29, 0.717) is 26.0 Å². The molecule has 0 fully saturated rings. The lowest BCUT2D eigenvalue weighted by atomic mass is 10.0. The molecule has 0 rings (SSSR count). The van der Waals surface area contributed by atoms with E-state index >= 15 is 0 Å². The molecule has 0 bridgehead atoms. The van der Waals surface area contributed by atoms with Crippen LogP contribution >= 0.6 is 0 Å². The first kappa shape index (κ1) is 21.4. The summed E-state index contributed by atoms with van der Waals surface area (Å²) in [6.45, 7) is 13.3. The Hall–Kier alpha value is -0.650. The van der Waals surface area contributed by atoms with Crippen LogP contribution in [0.15, 0.2) is 0 Å². The van der Waals surface area contributed by atoms with Crippen molar-refractivity contribution in [3.05, 3.63) is 0 Å². The van der Waals surface area contributed by atoms with E-state index in [0.717, 1.165) is 19.4 Å². The average Bonchev–Trinajstić information content (AvgIpc) is 2.41. The molecule has 0 saturated heterocycles. The van der Waals surface area contributed by atoms with Gasteiger partial charge in [-0.1, -0.05) is 13.3 Å². The molecule has 1 unspecified atom stereocenters. The first-order valence-electron chi connectivity index (χ1n) is 8.30. The zero-order valence-corrected chi connectivity index (χ0v) is 15.2. The maximum Gasteiger partial charge on any atom is 0.220 e. The van der Waals surface area contributed by atoms with Crippen LogP contribution in [0.5, 0.6) is 0 Å². The minimum atomic E-state index is -0.519. The molecular formula is C17H35NO4. The maximum absolute atomic E-state index is 11.7. The third kappa shape index (κ3) is 12.0. The smallest absolute Gasteiger partial charge is 0.220 e. The molecule has 0 aliphatic heterocycles. The van der Waals surface area contributed by atoms with Crippen molar-refractivity contribution >= 4 is 5.91 Å². The van der Waals surface area contributed by atoms with Crippen LogP contribution in [0, 0.1) is 0 Å². The topological polar surface area (TPSA) is 67.8 Å². The van der Waals surface area contributed by atoms with E-state index in [2.05, 4.69) is 12.2 Å². The fraction of sp³-hybridized carbons (Fsp3) is 0.941. The standard InChI is InChI=1S/C17H35NO4/c1-7-8-11-21-17(5,6)13-22-16(3,4)10-9-15(20)18-12-14(2)19/h14,19H,7-13H2,1-6H3,(H,18,20). The molecule has 0 heterocycles. The molecule has 0 radical (unpaired) electrons. The summed E-state index contributed by atoms with van der Waals surface area (Å²) in [5.74, 6) is -0.0592. The Balaban J connectivity index is 4.04. The van der Waals surface area contributed by atoms with E-state index in [1.54, 1.807) is 6.92 Å². The van der Waals surface area contributed by atoms with Gasteiger partial charge in [-0.2, -0.15) is 0 Å². The largest absolute Gasteiger partial charge is 0.392 e. The first-order chi connectivity index (χ1) is 10.1. The van der Waals surface area contributed by atoms with Gasteiger partial charge in [0.05, 0.1) is 23.9 Å². The second-order valence-corrected chi connectivity index (χ2v) is 7.16. The first-order valence-corrected chi connectivity index (χ1v) is 8.30. The van der Waals surface area contributed by atoms with Crippen molar-refractivity contribution in [1.29, 1.82) is 0 Å². The number of carbonyl (C=O) groups is 1. The predicted molar refractivity (Wildman–Crippen MR) is 88.9 cm³/mol. The fourth-order valence-electron chi connectivity index (χ4n) is 1.74. The summed E-state index contributed by atoms with van der Waals surface area (Å²) in [4.78, 5) is 11.7. The second kappa shape index (κ2) is 10.2. The zero-order chi connectivity index (χ0) is 17.2. The van der Waals surface area contributed by atoms with Gasteiger partial charge in [-0.05, 0) is 47.5 Å². The van der Waals surface area contributed by atoms with Crippen LogP contribution in [-0.4, -0.2) is 48.1 Å². The maximum atomic E-state index is 11.7. The van der Waals surface area contributed by atoms with Crippen molar-refractivity contribution in [2.45, 2.75) is 84.5 Å². The van der Waals surface area contributed by atoms with Gasteiger partial charge in [-0.25, -0.2) is 0 Å². The van der Waals surface area contributed by atoms with E-state index in [4.69, 9.17) is 14.6 Å². The Labute approximate surface area is 135 Å². The SMILES string of the molecule is CCCCOC(C)(C)COC(C)(C)CCC(=O)NCC(C)O. The third-order valence-electron chi connectivity index (χ3n) is 3.35. The molecule has 22 heavy (non-hydrogen) atoms. The van der Waals surface area contributed by atoms with Gasteiger partial charge in [0.1, 0.15) is 0 Å². The van der Waals surface area contributed by atoms with E-state index in [9.17, 15) is 4.79 Å². The average molecular weight is 317 g/mol. The minimum absolute atomic E-state index is 0.0592. The lowest BCUT2D eigenvalue weighted by Crippen LogP contribution is -2.38. The number of amides is 1. The zero-order valence-electron chi connectivity index (χ0n) is 15.2. The van der Waals surface area contributed by atoms with Crippen molar-refractivity contribution in [2.75, 3.05) is 19.8 Å². The number of hydrogen-bond donors (Lipinski definition) is 2. The fourth-order valence-corrected chi connectivity index (χ4v) is 1.74. The van der Waals surface area contributed by atoms with E-state index in [-0.39, 0.29) is 17.1 Å². The summed E-state index contributed by atoms with van der Waals surface area (Å²) < 4.78 is 11.8. The van der Waals surface area contributed by atoms with Crippen molar-refractivity contribution in [1.82, 2.24) is 5.32 Å². The van der Waals surface area contributed by atoms with Crippen LogP contribution < -0.4 is 5.32 Å². The highest BCUT2D eigenvalue weighted by atomic mass is 16.6. The van der Waals surface area contributed by atoms with Gasteiger partial charge in [0.25, 0.3) is 0 Å². The van der Waals surface area contributed by atoms with Gasteiger partial charge < -0.3 is 19.9 Å². The molecule has 0 aromatic rings. The molecule has 0 aliphatic carbocycles. The summed E-state index contributed by atoms with van der Waals surface area (Å²) in [6.07, 6.45) is 2.66. The molecule has 0 spiro atoms. The summed E-state index contributed by atoms with van der Waals surface area (Å²) in [5.41, 5.74) is -0.700. The van der Waals surface area contributed by atoms with Gasteiger partial charge in [-0.3, -0.25) is 4.79 Å². The number of aliphatic hydroxyl groups excluding tert-OH is 1. The molecule has 0 aromatic heterocycles. The van der Waals surface area contributed by atoms with E-state index in [1.807, 2.05) is 27.7 Å². The van der Waals surface area contributed by atoms with Gasteiger partial charge >= 0.3 is 0 Å². The predicted octanol–water partition coefficient (Wildman–Crippen LogP) is 2.65. The Morgan fingerprint density at radius 1 is 1.18 bits per heavy atom. The molecule has 5 nitrogen and oxygen atoms in total. The third-order valence-corrected chi connectivity index (χ3v) is 3.35. The van der Waals surface area contributed by atoms with Crippen LogP contribution in [0.25, 0.3) is 0 Å². The highest BCUT2D eigenvalue weighted by Crippen LogP contribution is 2.21. The number of rotatable bonds is 12. The van der Waals surface area contributed by atoms with Gasteiger partial charge in [0, 0.05) is 19.6 Å². The van der Waals surface area contributed by atoms with E-state index in [1.165, 1.54) is 0 Å². The Bertz CT molecular complexity index is 314. The van der Waals surface area contributed by atoms with Gasteiger partial charge in [0.2, 0.25) is 5.91 Å². The lowest BCUT2D eigenvalue weighted by Gasteiger charge is -2.32. The number of hydrogen-bond acceptors (Lipinski definition) is 4. The minimum Gasteiger partial charge on any atom is -0.392 e. The Kier molecular flexibility index (Phi) is 9.89. The molecule has 5 heteroatoms. The van der Waals surface area contributed by atoms with Gasteiger partial charge in [-0.15, -0.1) is 0 Å². The second-order valence-electron chi connectivity index (χ2n) is 7.16. The summed E-state index contributed by atoms with van der Waals surface area (Å²) >= 11 is 0. The molecule has 0 aromatic carbocycles. The Morgan fingerprint density at radius 3 is 2.36 bits per heavy atom. The molecule has 2 N–H and O–H groups in total. The number of nitrogens with one attached hydrogen (secondary N) is 1. The quantitative estimate of drug-likeness (QED) is 0.543. The number of carbonyl (C=O) groups excluding carboxylic acids is 1. The number of unbranched alkanes of at least 4 members (excludes halogenated alkanes) is 1. The van der Waals surface area contributed by atoms with E-state index < -0.39 is 6.10 Å². The molecule has 0 aliphatic rings. The molecule has 132 valence electrons.